The van der Waals surface area contributed by atoms with Crippen LogP contribution in [0.4, 0.5) is 11.5 Å². The number of aryl methyl sites for hydroxylation is 1. The number of hydrogen-bond acceptors (Lipinski definition) is 6. The molecular weight excluding hydrogens is 506 g/mol. The van der Waals surface area contributed by atoms with Gasteiger partial charge >= 0.3 is 5.97 Å². The predicted molar refractivity (Wildman–Crippen MR) is 154 cm³/mol. The van der Waals surface area contributed by atoms with Gasteiger partial charge in [0.2, 0.25) is 0 Å². The number of carboxylic acids is 1. The van der Waals surface area contributed by atoms with E-state index in [1.165, 1.54) is 0 Å². The van der Waals surface area contributed by atoms with Crippen LogP contribution >= 0.6 is 0 Å². The maximum Gasteiger partial charge on any atom is 0.335 e. The van der Waals surface area contributed by atoms with Crippen molar-refractivity contribution >= 4 is 23.4 Å². The van der Waals surface area contributed by atoms with Crippen molar-refractivity contribution in [2.75, 3.05) is 29.9 Å². The topological polar surface area (TPSA) is 101 Å². The molecule has 8 nitrogen and oxygen atoms in total. The molecule has 1 saturated heterocycles. The summed E-state index contributed by atoms with van der Waals surface area (Å²) in [6.45, 7) is 4.25. The largest absolute Gasteiger partial charge is 0.493 e. The van der Waals surface area contributed by atoms with Crippen molar-refractivity contribution in [2.45, 2.75) is 19.8 Å². The summed E-state index contributed by atoms with van der Waals surface area (Å²) in [5, 5.41) is 12.1. The Labute approximate surface area is 233 Å². The second kappa shape index (κ2) is 12.3. The van der Waals surface area contributed by atoms with E-state index in [0.29, 0.717) is 41.0 Å². The molecule has 1 aromatic heterocycles. The summed E-state index contributed by atoms with van der Waals surface area (Å²) < 4.78 is 11.8. The fraction of sp³-hybridized carbons (Fsp3) is 0.219. The fourth-order valence-electron chi connectivity index (χ4n) is 4.56. The summed E-state index contributed by atoms with van der Waals surface area (Å²) in [4.78, 5) is 30.8. The standard InChI is InChI=1S/C32H31N3O5/c1-22-8-11-27(12-9-22)40-29-7-2-4-24(18-29)31(36)34-26-10-13-30(33-20-26)35-16-14-23(15-17-35)21-39-28-6-3-5-25(19-28)32(37)38/h2-13,18-20,23H,14-17,21H2,1H3,(H,34,36)(H,37,38). The molecule has 1 aliphatic heterocycles. The molecule has 5 rings (SSSR count). The van der Waals surface area contributed by atoms with Crippen LogP contribution in [0.3, 0.4) is 0 Å². The minimum atomic E-state index is -0.963. The average molecular weight is 538 g/mol. The second-order valence-electron chi connectivity index (χ2n) is 9.88. The number of anilines is 2. The number of carbonyl (C=O) groups excluding carboxylic acids is 1. The van der Waals surface area contributed by atoms with E-state index in [-0.39, 0.29) is 11.5 Å². The first-order valence-corrected chi connectivity index (χ1v) is 13.3. The second-order valence-corrected chi connectivity index (χ2v) is 9.88. The first kappa shape index (κ1) is 26.7. The number of piperidine rings is 1. The van der Waals surface area contributed by atoms with Crippen LogP contribution in [0.25, 0.3) is 0 Å². The van der Waals surface area contributed by atoms with Gasteiger partial charge in [-0.05, 0) is 86.3 Å². The van der Waals surface area contributed by atoms with Crippen LogP contribution in [0.15, 0.2) is 91.1 Å². The van der Waals surface area contributed by atoms with Crippen LogP contribution in [-0.4, -0.2) is 41.7 Å². The Hall–Kier alpha value is -4.85. The zero-order chi connectivity index (χ0) is 27.9. The highest BCUT2D eigenvalue weighted by Crippen LogP contribution is 2.25. The number of rotatable bonds is 9. The van der Waals surface area contributed by atoms with Crippen LogP contribution in [0.2, 0.25) is 0 Å². The number of pyridine rings is 1. The van der Waals surface area contributed by atoms with E-state index in [0.717, 1.165) is 37.3 Å². The van der Waals surface area contributed by atoms with Gasteiger partial charge in [-0.1, -0.05) is 29.8 Å². The number of ether oxygens (including phenoxy) is 2. The van der Waals surface area contributed by atoms with E-state index < -0.39 is 5.97 Å². The third-order valence-corrected chi connectivity index (χ3v) is 6.86. The number of benzene rings is 3. The van der Waals surface area contributed by atoms with Crippen molar-refractivity contribution in [2.24, 2.45) is 5.92 Å². The lowest BCUT2D eigenvalue weighted by molar-refractivity contribution is 0.0696. The molecule has 0 atom stereocenters. The van der Waals surface area contributed by atoms with Crippen molar-refractivity contribution in [1.82, 2.24) is 4.98 Å². The number of amides is 1. The highest BCUT2D eigenvalue weighted by Gasteiger charge is 2.21. The minimum Gasteiger partial charge on any atom is -0.493 e. The van der Waals surface area contributed by atoms with Crippen LogP contribution < -0.4 is 19.7 Å². The molecule has 3 aromatic carbocycles. The van der Waals surface area contributed by atoms with Crippen molar-refractivity contribution < 1.29 is 24.2 Å². The Balaban J connectivity index is 1.11. The molecule has 0 unspecified atom stereocenters. The van der Waals surface area contributed by atoms with Gasteiger partial charge in [0, 0.05) is 18.7 Å². The Morgan fingerprint density at radius 2 is 1.60 bits per heavy atom. The fourth-order valence-corrected chi connectivity index (χ4v) is 4.56. The molecule has 40 heavy (non-hydrogen) atoms. The van der Waals surface area contributed by atoms with E-state index in [1.807, 2.05) is 49.4 Å². The van der Waals surface area contributed by atoms with Crippen molar-refractivity contribution in [3.05, 3.63) is 108 Å². The highest BCUT2D eigenvalue weighted by atomic mass is 16.5. The maximum atomic E-state index is 12.9. The predicted octanol–water partition coefficient (Wildman–Crippen LogP) is 6.43. The molecule has 8 heteroatoms. The third-order valence-electron chi connectivity index (χ3n) is 6.86. The van der Waals surface area contributed by atoms with Gasteiger partial charge in [-0.3, -0.25) is 4.79 Å². The molecule has 1 fully saturated rings. The Kier molecular flexibility index (Phi) is 8.25. The highest BCUT2D eigenvalue weighted by molar-refractivity contribution is 6.04. The summed E-state index contributed by atoms with van der Waals surface area (Å²) in [5.74, 6) is 1.92. The summed E-state index contributed by atoms with van der Waals surface area (Å²) in [7, 11) is 0. The Morgan fingerprint density at radius 1 is 0.900 bits per heavy atom. The molecule has 2 heterocycles. The first-order valence-electron chi connectivity index (χ1n) is 13.3. The smallest absolute Gasteiger partial charge is 0.335 e. The monoisotopic (exact) mass is 537 g/mol. The lowest BCUT2D eigenvalue weighted by atomic mass is 9.98. The Bertz CT molecular complexity index is 1460. The number of carbonyl (C=O) groups is 2. The number of nitrogens with zero attached hydrogens (tertiary/aromatic N) is 2. The van der Waals surface area contributed by atoms with Gasteiger partial charge in [0.1, 0.15) is 23.1 Å². The average Bonchev–Trinajstić information content (AvgIpc) is 2.98. The van der Waals surface area contributed by atoms with Crippen molar-refractivity contribution in [3.8, 4) is 17.2 Å². The number of aromatic carboxylic acids is 1. The number of hydrogen-bond donors (Lipinski definition) is 2. The van der Waals surface area contributed by atoms with Gasteiger partial charge in [-0.15, -0.1) is 0 Å². The molecule has 204 valence electrons. The molecule has 4 aromatic rings. The van der Waals surface area contributed by atoms with E-state index in [4.69, 9.17) is 14.6 Å². The molecule has 0 saturated carbocycles. The normalized spacial score (nSPS) is 13.5. The summed E-state index contributed by atoms with van der Waals surface area (Å²) in [5.41, 5.74) is 2.48. The summed E-state index contributed by atoms with van der Waals surface area (Å²) >= 11 is 0. The van der Waals surface area contributed by atoms with Gasteiger partial charge in [0.25, 0.3) is 5.91 Å². The van der Waals surface area contributed by atoms with Crippen LogP contribution in [-0.2, 0) is 0 Å². The third kappa shape index (κ3) is 6.96. The number of carboxylic acid groups (broad SMARTS) is 1. The minimum absolute atomic E-state index is 0.221. The molecular formula is C32H31N3O5. The summed E-state index contributed by atoms with van der Waals surface area (Å²) in [6, 6.07) is 25.2. The van der Waals surface area contributed by atoms with Crippen molar-refractivity contribution in [1.29, 1.82) is 0 Å². The van der Waals surface area contributed by atoms with Gasteiger partial charge in [-0.25, -0.2) is 9.78 Å². The van der Waals surface area contributed by atoms with Crippen molar-refractivity contribution in [3.63, 3.8) is 0 Å². The molecule has 0 aliphatic carbocycles. The molecule has 1 amide bonds. The van der Waals surface area contributed by atoms with Crippen LogP contribution in [0.5, 0.6) is 17.2 Å². The maximum absolute atomic E-state index is 12.9. The zero-order valence-corrected chi connectivity index (χ0v) is 22.2. The van der Waals surface area contributed by atoms with E-state index in [1.54, 1.807) is 48.7 Å². The lowest BCUT2D eigenvalue weighted by Crippen LogP contribution is -2.36. The SMILES string of the molecule is Cc1ccc(Oc2cccc(C(=O)Nc3ccc(N4CCC(COc5cccc(C(=O)O)c5)CC4)nc3)c2)cc1. The molecule has 0 spiro atoms. The first-order chi connectivity index (χ1) is 19.4. The van der Waals surface area contributed by atoms with Crippen LogP contribution in [0.1, 0.15) is 39.1 Å². The van der Waals surface area contributed by atoms with Gasteiger partial charge in [0.15, 0.2) is 0 Å². The molecule has 0 radical (unpaired) electrons. The van der Waals surface area contributed by atoms with Crippen LogP contribution in [0, 0.1) is 12.8 Å². The van der Waals surface area contributed by atoms with E-state index in [2.05, 4.69) is 15.2 Å². The molecule has 2 N–H and O–H groups in total. The zero-order valence-electron chi connectivity index (χ0n) is 22.2. The van der Waals surface area contributed by atoms with Gasteiger partial charge < -0.3 is 24.8 Å². The summed E-state index contributed by atoms with van der Waals surface area (Å²) in [6.07, 6.45) is 3.56. The van der Waals surface area contributed by atoms with Gasteiger partial charge in [-0.2, -0.15) is 0 Å². The number of aromatic nitrogens is 1. The van der Waals surface area contributed by atoms with E-state index in [9.17, 15) is 9.59 Å². The quantitative estimate of drug-likeness (QED) is 0.254. The lowest BCUT2D eigenvalue weighted by Gasteiger charge is -2.32. The Morgan fingerprint density at radius 3 is 2.30 bits per heavy atom. The van der Waals surface area contributed by atoms with Gasteiger partial charge in [0.05, 0.1) is 24.1 Å². The number of nitrogens with one attached hydrogen (secondary N) is 1. The molecule has 0 bridgehead atoms. The van der Waals surface area contributed by atoms with E-state index >= 15 is 0 Å². The molecule has 1 aliphatic rings.